The predicted octanol–water partition coefficient (Wildman–Crippen LogP) is 1.36. The zero-order valence-corrected chi connectivity index (χ0v) is 6.98. The Morgan fingerprint density at radius 2 is 2.00 bits per heavy atom. The van der Waals surface area contributed by atoms with Crippen molar-refractivity contribution >= 4 is 5.69 Å². The van der Waals surface area contributed by atoms with E-state index in [9.17, 15) is 5.21 Å². The Labute approximate surface area is 75.8 Å². The van der Waals surface area contributed by atoms with E-state index in [-0.39, 0.29) is 16.8 Å². The van der Waals surface area contributed by atoms with Gasteiger partial charge in [0, 0.05) is 5.69 Å². The summed E-state index contributed by atoms with van der Waals surface area (Å²) in [6.45, 7) is 0. The third kappa shape index (κ3) is 1.58. The number of hydrogen-bond acceptors (Lipinski definition) is 4. The van der Waals surface area contributed by atoms with Crippen molar-refractivity contribution in [1.82, 2.24) is 0 Å². The van der Waals surface area contributed by atoms with Crippen LogP contribution in [0.3, 0.4) is 0 Å². The van der Waals surface area contributed by atoms with Crippen LogP contribution in [0.25, 0.3) is 0 Å². The van der Waals surface area contributed by atoms with E-state index >= 15 is 0 Å². The summed E-state index contributed by atoms with van der Waals surface area (Å²) in [5.41, 5.74) is 0.576. The molecule has 1 rings (SSSR count). The lowest BCUT2D eigenvalue weighted by atomic mass is 10.1. The average Bonchev–Trinajstić information content (AvgIpc) is 2.16. The minimum absolute atomic E-state index is 0.127. The maximum Gasteiger partial charge on any atom is 0.103 e. The van der Waals surface area contributed by atoms with Gasteiger partial charge in [0.1, 0.15) is 12.1 Å². The molecule has 0 heterocycles. The van der Waals surface area contributed by atoms with Crippen molar-refractivity contribution in [3.63, 3.8) is 0 Å². The molecule has 0 aliphatic heterocycles. The molecule has 0 fully saturated rings. The van der Waals surface area contributed by atoms with Crippen molar-refractivity contribution in [2.75, 3.05) is 12.1 Å². The fourth-order valence-corrected chi connectivity index (χ4v) is 1.01. The van der Waals surface area contributed by atoms with Gasteiger partial charge in [0.25, 0.3) is 0 Å². The molecule has 4 nitrogen and oxygen atoms in total. The first-order chi connectivity index (χ1) is 6.20. The molecule has 0 amide bonds. The van der Waals surface area contributed by atoms with Gasteiger partial charge in [-0.2, -0.15) is 10.5 Å². The topological polar surface area (TPSA) is 73.9 Å². The number of nitriles is 2. The predicted molar refractivity (Wildman–Crippen MR) is 47.6 cm³/mol. The lowest BCUT2D eigenvalue weighted by molar-refractivity contribution is 1.20. The summed E-state index contributed by atoms with van der Waals surface area (Å²) < 4.78 is 0. The molecule has 4 heteroatoms. The van der Waals surface area contributed by atoms with E-state index in [1.165, 1.54) is 19.2 Å². The monoisotopic (exact) mass is 172 g/mol. The molecule has 0 bridgehead atoms. The normalized spacial score (nSPS) is 8.62. The molecule has 0 unspecified atom stereocenters. The van der Waals surface area contributed by atoms with Crippen molar-refractivity contribution < 1.29 is 0 Å². The molecule has 0 saturated carbocycles. The molecular weight excluding hydrogens is 166 g/mol. The molecule has 1 aromatic rings. The fourth-order valence-electron chi connectivity index (χ4n) is 1.01. The average molecular weight is 172 g/mol. The maximum absolute atomic E-state index is 10.9. The summed E-state index contributed by atoms with van der Waals surface area (Å²) in [5, 5.41) is 28.9. The van der Waals surface area contributed by atoms with E-state index in [2.05, 4.69) is 0 Å². The van der Waals surface area contributed by atoms with Crippen molar-refractivity contribution in [3.05, 3.63) is 34.5 Å². The number of nitrogens with zero attached hydrogens (tertiary/aromatic N) is 3. The van der Waals surface area contributed by atoms with Gasteiger partial charge in [-0.15, -0.1) is 0 Å². The van der Waals surface area contributed by atoms with Crippen LogP contribution in [-0.4, -0.2) is 7.05 Å². The number of benzene rings is 1. The second-order valence-corrected chi connectivity index (χ2v) is 2.42. The van der Waals surface area contributed by atoms with Crippen LogP contribution in [0, 0.1) is 27.9 Å². The van der Waals surface area contributed by atoms with Crippen LogP contribution in [0.4, 0.5) is 5.69 Å². The second kappa shape index (κ2) is 3.57. The van der Waals surface area contributed by atoms with Crippen LogP contribution in [0.1, 0.15) is 11.1 Å². The van der Waals surface area contributed by atoms with E-state index in [1.807, 2.05) is 12.1 Å². The Morgan fingerprint density at radius 3 is 2.46 bits per heavy atom. The van der Waals surface area contributed by atoms with Crippen molar-refractivity contribution in [2.24, 2.45) is 0 Å². The Balaban J connectivity index is 3.40. The summed E-state index contributed by atoms with van der Waals surface area (Å²) in [4.78, 5) is 0. The highest BCUT2D eigenvalue weighted by atomic mass is 16.5. The molecule has 0 spiro atoms. The maximum atomic E-state index is 10.9. The molecule has 0 aliphatic carbocycles. The highest BCUT2D eigenvalue weighted by molar-refractivity contribution is 5.65. The zero-order valence-electron chi connectivity index (χ0n) is 6.98. The highest BCUT2D eigenvalue weighted by Gasteiger charge is 2.06. The summed E-state index contributed by atoms with van der Waals surface area (Å²) in [6.07, 6.45) is 0. The quantitative estimate of drug-likeness (QED) is 0.599. The van der Waals surface area contributed by atoms with Gasteiger partial charge in [-0.25, -0.2) is 0 Å². The molecule has 0 aliphatic rings. The minimum atomic E-state index is 0.127. The van der Waals surface area contributed by atoms with Gasteiger partial charge in [0.2, 0.25) is 0 Å². The third-order valence-corrected chi connectivity index (χ3v) is 1.61. The first-order valence-electron chi connectivity index (χ1n) is 3.54. The number of hydrogen-bond donors (Lipinski definition) is 0. The Hall–Kier alpha value is -2.04. The molecule has 0 saturated heterocycles. The van der Waals surface area contributed by atoms with Crippen LogP contribution in [0.15, 0.2) is 18.2 Å². The molecule has 0 aromatic heterocycles. The molecule has 64 valence electrons. The summed E-state index contributed by atoms with van der Waals surface area (Å²) in [5.74, 6) is 0. The Kier molecular flexibility index (Phi) is 2.49. The largest absolute Gasteiger partial charge is 0.758 e. The highest BCUT2D eigenvalue weighted by Crippen LogP contribution is 2.20. The zero-order chi connectivity index (χ0) is 9.84. The van der Waals surface area contributed by atoms with Gasteiger partial charge in [0.05, 0.1) is 11.1 Å². The van der Waals surface area contributed by atoms with Crippen LogP contribution in [0.5, 0.6) is 0 Å². The lowest BCUT2D eigenvalue weighted by Gasteiger charge is -2.25. The van der Waals surface area contributed by atoms with Gasteiger partial charge in [0.15, 0.2) is 0 Å². The second-order valence-electron chi connectivity index (χ2n) is 2.42. The SMILES string of the molecule is CN([O-])c1cccc(C#N)c1C#N. The van der Waals surface area contributed by atoms with E-state index in [4.69, 9.17) is 10.5 Å². The van der Waals surface area contributed by atoms with Crippen LogP contribution in [-0.2, 0) is 0 Å². The number of anilines is 1. The molecule has 0 radical (unpaired) electrons. The van der Waals surface area contributed by atoms with Gasteiger partial charge in [-0.3, -0.25) is 0 Å². The number of hydroxylamine groups is 1. The van der Waals surface area contributed by atoms with Gasteiger partial charge in [-0.1, -0.05) is 6.07 Å². The van der Waals surface area contributed by atoms with E-state index < -0.39 is 0 Å². The van der Waals surface area contributed by atoms with Crippen LogP contribution >= 0.6 is 0 Å². The summed E-state index contributed by atoms with van der Waals surface area (Å²) in [7, 11) is 1.29. The fraction of sp³-hybridized carbons (Fsp3) is 0.111. The summed E-state index contributed by atoms with van der Waals surface area (Å²) in [6, 6.07) is 8.27. The third-order valence-electron chi connectivity index (χ3n) is 1.61. The van der Waals surface area contributed by atoms with Crippen LogP contribution in [0.2, 0.25) is 0 Å². The van der Waals surface area contributed by atoms with Crippen LogP contribution < -0.4 is 5.06 Å². The smallest absolute Gasteiger partial charge is 0.103 e. The van der Waals surface area contributed by atoms with E-state index in [1.54, 1.807) is 6.07 Å². The van der Waals surface area contributed by atoms with E-state index in [0.717, 1.165) is 0 Å². The number of rotatable bonds is 1. The summed E-state index contributed by atoms with van der Waals surface area (Å²) >= 11 is 0. The molecule has 13 heavy (non-hydrogen) atoms. The first-order valence-corrected chi connectivity index (χ1v) is 3.54. The van der Waals surface area contributed by atoms with Crippen molar-refractivity contribution in [1.29, 1.82) is 10.5 Å². The minimum Gasteiger partial charge on any atom is -0.758 e. The first kappa shape index (κ1) is 9.05. The molecule has 0 atom stereocenters. The lowest BCUT2D eigenvalue weighted by Crippen LogP contribution is -2.08. The Bertz CT molecular complexity index is 398. The molecule has 0 N–H and O–H groups in total. The van der Waals surface area contributed by atoms with Gasteiger partial charge >= 0.3 is 0 Å². The van der Waals surface area contributed by atoms with Gasteiger partial charge < -0.3 is 10.3 Å². The van der Waals surface area contributed by atoms with Gasteiger partial charge in [-0.05, 0) is 19.2 Å². The van der Waals surface area contributed by atoms with Crippen molar-refractivity contribution in [3.8, 4) is 12.1 Å². The molecule has 1 aromatic carbocycles. The van der Waals surface area contributed by atoms with E-state index in [0.29, 0.717) is 5.06 Å². The molecular formula is C9H6N3O-. The van der Waals surface area contributed by atoms with Crippen molar-refractivity contribution in [2.45, 2.75) is 0 Å². The Morgan fingerprint density at radius 1 is 1.31 bits per heavy atom. The standard InChI is InChI=1S/C9H6N3O/c1-12(13)9-4-2-3-7(5-10)8(9)6-11/h2-4H,1H3/q-1.